The van der Waals surface area contributed by atoms with Crippen molar-refractivity contribution in [1.82, 2.24) is 29.5 Å². The monoisotopic (exact) mass is 428 g/mol. The van der Waals surface area contributed by atoms with Crippen LogP contribution in [0, 0.1) is 5.41 Å². The summed E-state index contributed by atoms with van der Waals surface area (Å²) in [6, 6.07) is 0.651. The van der Waals surface area contributed by atoms with Gasteiger partial charge in [-0.05, 0) is 53.7 Å². The van der Waals surface area contributed by atoms with E-state index >= 15 is 0 Å². The van der Waals surface area contributed by atoms with Gasteiger partial charge in [-0.2, -0.15) is 5.10 Å². The van der Waals surface area contributed by atoms with E-state index in [4.69, 9.17) is 0 Å². The summed E-state index contributed by atoms with van der Waals surface area (Å²) in [5.74, 6) is 1.13. The highest BCUT2D eigenvalue weighted by molar-refractivity contribution is 9.10. The summed E-state index contributed by atoms with van der Waals surface area (Å²) in [6.07, 6.45) is 9.71. The van der Waals surface area contributed by atoms with Gasteiger partial charge in [0.2, 0.25) is 0 Å². The lowest BCUT2D eigenvalue weighted by Gasteiger charge is -2.29. The molecule has 1 spiro atoms. The minimum atomic E-state index is 0. The fourth-order valence-electron chi connectivity index (χ4n) is 4.12. The zero-order valence-electron chi connectivity index (χ0n) is 14.8. The highest BCUT2D eigenvalue weighted by Gasteiger charge is 2.56. The summed E-state index contributed by atoms with van der Waals surface area (Å²) in [7, 11) is 4.10. The average molecular weight is 430 g/mol. The second-order valence-corrected chi connectivity index (χ2v) is 8.11. The third-order valence-electron chi connectivity index (χ3n) is 5.82. The van der Waals surface area contributed by atoms with Crippen LogP contribution in [0.3, 0.4) is 0 Å². The number of aryl methyl sites for hydroxylation is 2. The van der Waals surface area contributed by atoms with E-state index in [0.717, 1.165) is 36.5 Å². The molecule has 1 aliphatic heterocycles. The zero-order valence-corrected chi connectivity index (χ0v) is 17.2. The third-order valence-corrected chi connectivity index (χ3v) is 6.48. The lowest BCUT2D eigenvalue weighted by Crippen LogP contribution is -2.36. The van der Waals surface area contributed by atoms with Gasteiger partial charge in [0, 0.05) is 39.1 Å². The van der Waals surface area contributed by atoms with Crippen molar-refractivity contribution in [3.63, 3.8) is 0 Å². The standard InChI is InChI=1S/C17H25BrN6.ClH/c1-22-8-7-20-16(22)12-24(11-14-13(18)10-21-23(14)2)15-9-17(15)3-5-19-6-4-17;/h7-8,10,15,19H,3-6,9,11-12H2,1-2H3;1H. The molecule has 3 heterocycles. The maximum Gasteiger partial charge on any atom is 0.122 e. The average Bonchev–Trinajstić information content (AvgIpc) is 2.93. The first-order chi connectivity index (χ1) is 11.6. The molecule has 0 aromatic carbocycles. The third kappa shape index (κ3) is 3.65. The van der Waals surface area contributed by atoms with E-state index in [0.29, 0.717) is 11.5 Å². The zero-order chi connectivity index (χ0) is 16.7. The molecule has 1 unspecified atom stereocenters. The highest BCUT2D eigenvalue weighted by atomic mass is 79.9. The van der Waals surface area contributed by atoms with Crippen LogP contribution in [0.25, 0.3) is 0 Å². The Labute approximate surface area is 163 Å². The van der Waals surface area contributed by atoms with Crippen molar-refractivity contribution in [3.05, 3.63) is 34.6 Å². The molecule has 8 heteroatoms. The van der Waals surface area contributed by atoms with Crippen LogP contribution in [0.2, 0.25) is 0 Å². The first kappa shape index (κ1) is 18.9. The maximum atomic E-state index is 4.55. The fraction of sp³-hybridized carbons (Fsp3) is 0.647. The van der Waals surface area contributed by atoms with E-state index in [1.807, 2.05) is 30.3 Å². The van der Waals surface area contributed by atoms with Crippen LogP contribution in [0.1, 0.15) is 30.8 Å². The van der Waals surface area contributed by atoms with E-state index in [-0.39, 0.29) is 12.4 Å². The largest absolute Gasteiger partial charge is 0.337 e. The molecule has 1 saturated carbocycles. The number of piperidine rings is 1. The van der Waals surface area contributed by atoms with E-state index < -0.39 is 0 Å². The molecule has 1 atom stereocenters. The van der Waals surface area contributed by atoms with Gasteiger partial charge in [-0.25, -0.2) is 4.98 Å². The Morgan fingerprint density at radius 3 is 2.68 bits per heavy atom. The molecule has 1 N–H and O–H groups in total. The van der Waals surface area contributed by atoms with E-state index in [2.05, 4.69) is 47.8 Å². The van der Waals surface area contributed by atoms with Gasteiger partial charge in [0.05, 0.1) is 22.9 Å². The molecule has 4 rings (SSSR count). The molecule has 25 heavy (non-hydrogen) atoms. The van der Waals surface area contributed by atoms with Crippen molar-refractivity contribution < 1.29 is 0 Å². The Hall–Kier alpha value is -0.890. The Bertz CT molecular complexity index is 701. The molecular weight excluding hydrogens is 404 g/mol. The number of aromatic nitrogens is 4. The van der Waals surface area contributed by atoms with E-state index in [1.54, 1.807) is 0 Å². The van der Waals surface area contributed by atoms with Crippen LogP contribution in [-0.4, -0.2) is 43.4 Å². The second kappa shape index (κ2) is 7.39. The molecule has 2 aliphatic rings. The van der Waals surface area contributed by atoms with Gasteiger partial charge in [-0.1, -0.05) is 0 Å². The topological polar surface area (TPSA) is 50.9 Å². The first-order valence-corrected chi connectivity index (χ1v) is 9.46. The number of nitrogens with one attached hydrogen (secondary N) is 1. The predicted octanol–water partition coefficient (Wildman–Crippen LogP) is 2.48. The van der Waals surface area contributed by atoms with Gasteiger partial charge in [0.1, 0.15) is 5.82 Å². The summed E-state index contributed by atoms with van der Waals surface area (Å²) in [5.41, 5.74) is 1.75. The molecule has 138 valence electrons. The van der Waals surface area contributed by atoms with Gasteiger partial charge in [-0.15, -0.1) is 12.4 Å². The van der Waals surface area contributed by atoms with Gasteiger partial charge < -0.3 is 9.88 Å². The minimum Gasteiger partial charge on any atom is -0.337 e. The van der Waals surface area contributed by atoms with Gasteiger partial charge in [-0.3, -0.25) is 9.58 Å². The molecule has 2 fully saturated rings. The quantitative estimate of drug-likeness (QED) is 0.793. The number of hydrogen-bond acceptors (Lipinski definition) is 4. The molecule has 2 aromatic rings. The van der Waals surface area contributed by atoms with Crippen LogP contribution in [-0.2, 0) is 27.2 Å². The molecule has 1 saturated heterocycles. The number of rotatable bonds is 5. The summed E-state index contributed by atoms with van der Waals surface area (Å²) >= 11 is 3.65. The van der Waals surface area contributed by atoms with E-state index in [9.17, 15) is 0 Å². The number of halogens is 2. The van der Waals surface area contributed by atoms with Gasteiger partial charge in [0.15, 0.2) is 0 Å². The maximum absolute atomic E-state index is 4.55. The lowest BCUT2D eigenvalue weighted by atomic mass is 9.93. The Morgan fingerprint density at radius 1 is 1.32 bits per heavy atom. The van der Waals surface area contributed by atoms with E-state index in [1.165, 1.54) is 25.0 Å². The molecular formula is C17H26BrClN6. The van der Waals surface area contributed by atoms with Crippen molar-refractivity contribution in [2.75, 3.05) is 13.1 Å². The van der Waals surface area contributed by atoms with Crippen LogP contribution in [0.4, 0.5) is 0 Å². The highest BCUT2D eigenvalue weighted by Crippen LogP contribution is 2.56. The Balaban J connectivity index is 0.00000182. The van der Waals surface area contributed by atoms with Crippen molar-refractivity contribution >= 4 is 28.3 Å². The number of nitrogens with zero attached hydrogens (tertiary/aromatic N) is 5. The summed E-state index contributed by atoms with van der Waals surface area (Å²) in [5, 5.41) is 7.88. The predicted molar refractivity (Wildman–Crippen MR) is 104 cm³/mol. The lowest BCUT2D eigenvalue weighted by molar-refractivity contribution is 0.178. The molecule has 2 aromatic heterocycles. The molecule has 0 amide bonds. The SMILES string of the molecule is Cl.Cn1ccnc1CN(Cc1c(Br)cnn1C)C1CC12CCNCC2. The number of imidazole rings is 1. The molecule has 1 aliphatic carbocycles. The van der Waals surface area contributed by atoms with Crippen LogP contribution in [0.5, 0.6) is 0 Å². The van der Waals surface area contributed by atoms with Gasteiger partial charge in [0.25, 0.3) is 0 Å². The number of hydrogen-bond donors (Lipinski definition) is 1. The Kier molecular flexibility index (Phi) is 5.58. The normalized spacial score (nSPS) is 21.5. The minimum absolute atomic E-state index is 0. The summed E-state index contributed by atoms with van der Waals surface area (Å²) < 4.78 is 5.20. The fourth-order valence-corrected chi connectivity index (χ4v) is 4.59. The molecule has 0 radical (unpaired) electrons. The van der Waals surface area contributed by atoms with Crippen molar-refractivity contribution in [3.8, 4) is 0 Å². The van der Waals surface area contributed by atoms with Crippen molar-refractivity contribution in [2.45, 2.75) is 38.4 Å². The van der Waals surface area contributed by atoms with Crippen molar-refractivity contribution in [2.24, 2.45) is 19.5 Å². The van der Waals surface area contributed by atoms with Crippen LogP contribution in [0.15, 0.2) is 23.1 Å². The first-order valence-electron chi connectivity index (χ1n) is 8.66. The Morgan fingerprint density at radius 2 is 2.08 bits per heavy atom. The van der Waals surface area contributed by atoms with Crippen LogP contribution >= 0.6 is 28.3 Å². The smallest absolute Gasteiger partial charge is 0.122 e. The summed E-state index contributed by atoms with van der Waals surface area (Å²) in [6.45, 7) is 4.11. The van der Waals surface area contributed by atoms with Crippen LogP contribution < -0.4 is 5.32 Å². The molecule has 0 bridgehead atoms. The molecule has 6 nitrogen and oxygen atoms in total. The summed E-state index contributed by atoms with van der Waals surface area (Å²) in [4.78, 5) is 7.15. The van der Waals surface area contributed by atoms with Crippen molar-refractivity contribution in [1.29, 1.82) is 0 Å². The second-order valence-electron chi connectivity index (χ2n) is 7.25. The van der Waals surface area contributed by atoms with Gasteiger partial charge >= 0.3 is 0 Å².